The highest BCUT2D eigenvalue weighted by atomic mass is 32.2. The minimum atomic E-state index is -3.79. The number of aromatic nitrogens is 1. The van der Waals surface area contributed by atoms with Crippen LogP contribution in [0.15, 0.2) is 45.7 Å². The van der Waals surface area contributed by atoms with Gasteiger partial charge in [-0.25, -0.2) is 8.42 Å². The van der Waals surface area contributed by atoms with E-state index >= 15 is 0 Å². The molecule has 1 unspecified atom stereocenters. The molecule has 0 radical (unpaired) electrons. The quantitative estimate of drug-likeness (QED) is 0.833. The van der Waals surface area contributed by atoms with Crippen molar-refractivity contribution in [2.75, 3.05) is 0 Å². The summed E-state index contributed by atoms with van der Waals surface area (Å²) in [6.45, 7) is 5.76. The fraction of sp³-hybridized carbons (Fsp3) is 0.412. The topological polar surface area (TPSA) is 80.5 Å². The molecular weight excluding hydrogens is 358 g/mol. The van der Waals surface area contributed by atoms with Crippen molar-refractivity contribution in [2.45, 2.75) is 38.1 Å². The Morgan fingerprint density at radius 1 is 1.28 bits per heavy atom. The van der Waals surface area contributed by atoms with E-state index in [0.29, 0.717) is 11.2 Å². The third-order valence-electron chi connectivity index (χ3n) is 3.60. The monoisotopic (exact) mass is 381 g/mol. The number of aryl methyl sites for hydroxylation is 2. The van der Waals surface area contributed by atoms with Gasteiger partial charge in [0.25, 0.3) is 5.91 Å². The van der Waals surface area contributed by atoms with Crippen molar-refractivity contribution in [1.82, 2.24) is 9.29 Å². The molecule has 6 nitrogen and oxygen atoms in total. The number of rotatable bonds is 6. The minimum absolute atomic E-state index is 0.140. The SMILES string of the molecule is Cc1ccc(S(=O)(=O)NC(CC(C)C)C(=O)N=c2sccn2C)cc1. The smallest absolute Gasteiger partial charge is 0.266 e. The number of hydrogen-bond donors (Lipinski definition) is 1. The van der Waals surface area contributed by atoms with Crippen molar-refractivity contribution in [1.29, 1.82) is 0 Å². The highest BCUT2D eigenvalue weighted by Gasteiger charge is 2.26. The van der Waals surface area contributed by atoms with Gasteiger partial charge in [-0.05, 0) is 31.4 Å². The summed E-state index contributed by atoms with van der Waals surface area (Å²) in [7, 11) is -2.00. The molecule has 2 rings (SSSR count). The van der Waals surface area contributed by atoms with Crippen molar-refractivity contribution >= 4 is 27.3 Å². The number of carbonyl (C=O) groups excluding carboxylic acids is 1. The third-order valence-corrected chi connectivity index (χ3v) is 5.93. The number of benzene rings is 1. The molecule has 1 N–H and O–H groups in total. The van der Waals surface area contributed by atoms with Crippen LogP contribution in [0, 0.1) is 12.8 Å². The number of hydrogen-bond acceptors (Lipinski definition) is 4. The highest BCUT2D eigenvalue weighted by Crippen LogP contribution is 2.14. The molecule has 25 heavy (non-hydrogen) atoms. The maximum atomic E-state index is 12.6. The molecule has 0 aliphatic heterocycles. The summed E-state index contributed by atoms with van der Waals surface area (Å²) >= 11 is 1.33. The second-order valence-electron chi connectivity index (χ2n) is 6.36. The lowest BCUT2D eigenvalue weighted by Crippen LogP contribution is -2.41. The average Bonchev–Trinajstić information content (AvgIpc) is 2.91. The second-order valence-corrected chi connectivity index (χ2v) is 8.95. The summed E-state index contributed by atoms with van der Waals surface area (Å²) in [6, 6.07) is 5.62. The summed E-state index contributed by atoms with van der Waals surface area (Å²) in [5.74, 6) is -0.343. The molecular formula is C17H23N3O3S2. The largest absolute Gasteiger partial charge is 0.327 e. The maximum Gasteiger partial charge on any atom is 0.266 e. The normalized spacial score (nSPS) is 14.0. The van der Waals surface area contributed by atoms with Gasteiger partial charge >= 0.3 is 0 Å². The average molecular weight is 382 g/mol. The Morgan fingerprint density at radius 2 is 1.92 bits per heavy atom. The van der Waals surface area contributed by atoms with Crippen molar-refractivity contribution in [3.63, 3.8) is 0 Å². The van der Waals surface area contributed by atoms with Crippen LogP contribution in [0.2, 0.25) is 0 Å². The summed E-state index contributed by atoms with van der Waals surface area (Å²) in [5.41, 5.74) is 0.967. The van der Waals surface area contributed by atoms with Crippen LogP contribution in [0.1, 0.15) is 25.8 Å². The van der Waals surface area contributed by atoms with Crippen molar-refractivity contribution in [3.05, 3.63) is 46.2 Å². The molecule has 0 fully saturated rings. The second kappa shape index (κ2) is 8.07. The molecule has 0 saturated heterocycles. The first-order chi connectivity index (χ1) is 11.7. The summed E-state index contributed by atoms with van der Waals surface area (Å²) < 4.78 is 29.4. The fourth-order valence-electron chi connectivity index (χ4n) is 2.25. The molecule has 0 bridgehead atoms. The van der Waals surface area contributed by atoms with E-state index < -0.39 is 22.0 Å². The van der Waals surface area contributed by atoms with E-state index in [-0.39, 0.29) is 10.8 Å². The number of nitrogens with one attached hydrogen (secondary N) is 1. The molecule has 136 valence electrons. The lowest BCUT2D eigenvalue weighted by Gasteiger charge is -2.17. The van der Waals surface area contributed by atoms with Crippen LogP contribution in [0.4, 0.5) is 0 Å². The van der Waals surface area contributed by atoms with Crippen LogP contribution in [-0.2, 0) is 21.9 Å². The van der Waals surface area contributed by atoms with E-state index in [1.54, 1.807) is 29.9 Å². The zero-order chi connectivity index (χ0) is 18.6. The molecule has 1 aromatic heterocycles. The van der Waals surface area contributed by atoms with E-state index in [1.165, 1.54) is 23.5 Å². The Labute approximate surface area is 152 Å². The van der Waals surface area contributed by atoms with Gasteiger partial charge in [0, 0.05) is 18.6 Å². The molecule has 0 aliphatic rings. The predicted octanol–water partition coefficient (Wildman–Crippen LogP) is 2.22. The Kier molecular flexibility index (Phi) is 6.31. The Morgan fingerprint density at radius 3 is 2.44 bits per heavy atom. The summed E-state index contributed by atoms with van der Waals surface area (Å²) in [6.07, 6.45) is 2.17. The van der Waals surface area contributed by atoms with Crippen LogP contribution >= 0.6 is 11.3 Å². The zero-order valence-corrected chi connectivity index (χ0v) is 16.4. The van der Waals surface area contributed by atoms with Crippen LogP contribution < -0.4 is 9.52 Å². The first-order valence-corrected chi connectivity index (χ1v) is 10.3. The number of carbonyl (C=O) groups is 1. The molecule has 1 amide bonds. The van der Waals surface area contributed by atoms with E-state index in [0.717, 1.165) is 5.56 Å². The predicted molar refractivity (Wildman–Crippen MR) is 98.6 cm³/mol. The lowest BCUT2D eigenvalue weighted by molar-refractivity contribution is -0.120. The van der Waals surface area contributed by atoms with Crippen LogP contribution in [0.25, 0.3) is 0 Å². The first kappa shape index (κ1) is 19.6. The number of sulfonamides is 1. The van der Waals surface area contributed by atoms with E-state index in [1.807, 2.05) is 26.2 Å². The molecule has 2 aromatic rings. The standard InChI is InChI=1S/C17H23N3O3S2/c1-12(2)11-15(16(21)18-17-20(4)9-10-24-17)19-25(22,23)14-7-5-13(3)6-8-14/h5-10,12,15,19H,11H2,1-4H3. The van der Waals surface area contributed by atoms with Gasteiger partial charge in [-0.2, -0.15) is 9.71 Å². The Hall–Kier alpha value is -1.77. The Bertz CT molecular complexity index is 894. The van der Waals surface area contributed by atoms with Gasteiger partial charge in [0.2, 0.25) is 10.0 Å². The van der Waals surface area contributed by atoms with Gasteiger partial charge in [0.1, 0.15) is 6.04 Å². The van der Waals surface area contributed by atoms with E-state index in [2.05, 4.69) is 9.71 Å². The van der Waals surface area contributed by atoms with Crippen LogP contribution in [-0.4, -0.2) is 24.9 Å². The molecule has 1 atom stereocenters. The lowest BCUT2D eigenvalue weighted by atomic mass is 10.0. The van der Waals surface area contributed by atoms with Gasteiger partial charge < -0.3 is 4.57 Å². The third kappa shape index (κ3) is 5.35. The number of thiazole rings is 1. The van der Waals surface area contributed by atoms with E-state index in [4.69, 9.17) is 0 Å². The van der Waals surface area contributed by atoms with Crippen LogP contribution in [0.5, 0.6) is 0 Å². The first-order valence-electron chi connectivity index (χ1n) is 7.97. The van der Waals surface area contributed by atoms with Crippen molar-refractivity contribution in [2.24, 2.45) is 18.0 Å². The van der Waals surface area contributed by atoms with Crippen molar-refractivity contribution in [3.8, 4) is 0 Å². The highest BCUT2D eigenvalue weighted by molar-refractivity contribution is 7.89. The molecule has 1 heterocycles. The number of nitrogens with zero attached hydrogens (tertiary/aromatic N) is 2. The number of amides is 1. The summed E-state index contributed by atoms with van der Waals surface area (Å²) in [4.78, 5) is 17.3. The van der Waals surface area contributed by atoms with Gasteiger partial charge in [-0.3, -0.25) is 4.79 Å². The van der Waals surface area contributed by atoms with Gasteiger partial charge in [0.05, 0.1) is 4.90 Å². The maximum absolute atomic E-state index is 12.6. The van der Waals surface area contributed by atoms with E-state index in [9.17, 15) is 13.2 Å². The zero-order valence-electron chi connectivity index (χ0n) is 14.8. The molecule has 0 saturated carbocycles. The van der Waals surface area contributed by atoms with Gasteiger partial charge in [-0.1, -0.05) is 31.5 Å². The van der Waals surface area contributed by atoms with Gasteiger partial charge in [0.15, 0.2) is 4.80 Å². The molecule has 0 aliphatic carbocycles. The summed E-state index contributed by atoms with van der Waals surface area (Å²) in [5, 5.41) is 1.82. The minimum Gasteiger partial charge on any atom is -0.327 e. The molecule has 8 heteroatoms. The molecule has 1 aromatic carbocycles. The van der Waals surface area contributed by atoms with Crippen LogP contribution in [0.3, 0.4) is 0 Å². The molecule has 0 spiro atoms. The van der Waals surface area contributed by atoms with Crippen molar-refractivity contribution < 1.29 is 13.2 Å². The van der Waals surface area contributed by atoms with Gasteiger partial charge in [-0.15, -0.1) is 11.3 Å². The fourth-order valence-corrected chi connectivity index (χ4v) is 4.19. The Balaban J connectivity index is 2.30.